The number of rotatable bonds is 7. The van der Waals surface area contributed by atoms with Gasteiger partial charge in [-0.15, -0.1) is 0 Å². The number of ether oxygens (including phenoxy) is 1. The van der Waals surface area contributed by atoms with E-state index in [1.165, 1.54) is 6.07 Å². The van der Waals surface area contributed by atoms with Crippen LogP contribution < -0.4 is 10.1 Å². The fourth-order valence-electron chi connectivity index (χ4n) is 2.08. The van der Waals surface area contributed by atoms with Gasteiger partial charge in [0.1, 0.15) is 11.6 Å². The minimum atomic E-state index is -0.339. The summed E-state index contributed by atoms with van der Waals surface area (Å²) in [6, 6.07) is 4.54. The third-order valence-corrected chi connectivity index (χ3v) is 3.01. The highest BCUT2D eigenvalue weighted by Crippen LogP contribution is 2.24. The van der Waals surface area contributed by atoms with Crippen LogP contribution in [0.3, 0.4) is 0 Å². The molecule has 1 atom stereocenters. The van der Waals surface area contributed by atoms with Gasteiger partial charge in [-0.3, -0.25) is 9.97 Å². The molecule has 0 saturated carbocycles. The molecule has 2 aromatic heterocycles. The summed E-state index contributed by atoms with van der Waals surface area (Å²) in [5, 5.41) is 3.24. The molecule has 5 heteroatoms. The van der Waals surface area contributed by atoms with E-state index >= 15 is 0 Å². The van der Waals surface area contributed by atoms with Crippen LogP contribution in [0.2, 0.25) is 0 Å². The number of hydrogen-bond donors (Lipinski definition) is 1. The first-order valence-electron chi connectivity index (χ1n) is 7.17. The first-order valence-corrected chi connectivity index (χ1v) is 7.17. The van der Waals surface area contributed by atoms with E-state index in [9.17, 15) is 4.39 Å². The molecule has 0 aromatic carbocycles. The Balaban J connectivity index is 2.32. The van der Waals surface area contributed by atoms with Gasteiger partial charge in [0.05, 0.1) is 24.5 Å². The van der Waals surface area contributed by atoms with Crippen LogP contribution in [-0.2, 0) is 0 Å². The molecular formula is C16H20FN3O. The highest BCUT2D eigenvalue weighted by Gasteiger charge is 2.19. The quantitative estimate of drug-likeness (QED) is 0.851. The van der Waals surface area contributed by atoms with Crippen LogP contribution in [0.15, 0.2) is 36.8 Å². The van der Waals surface area contributed by atoms with Gasteiger partial charge in [-0.25, -0.2) is 4.39 Å². The van der Waals surface area contributed by atoms with Crippen molar-refractivity contribution in [3.05, 3.63) is 53.9 Å². The third kappa shape index (κ3) is 3.98. The highest BCUT2D eigenvalue weighted by molar-refractivity contribution is 5.31. The minimum Gasteiger partial charge on any atom is -0.492 e. The topological polar surface area (TPSA) is 47.0 Å². The van der Waals surface area contributed by atoms with Gasteiger partial charge >= 0.3 is 0 Å². The second kappa shape index (κ2) is 7.69. The molecule has 4 nitrogen and oxygen atoms in total. The summed E-state index contributed by atoms with van der Waals surface area (Å²) in [6.45, 7) is 5.34. The number of pyridine rings is 2. The molecule has 2 aromatic rings. The van der Waals surface area contributed by atoms with Crippen molar-refractivity contribution in [2.45, 2.75) is 26.3 Å². The summed E-state index contributed by atoms with van der Waals surface area (Å²) >= 11 is 0. The number of nitrogens with zero attached hydrogens (tertiary/aromatic N) is 2. The standard InChI is InChI=1S/C16H20FN3O/c1-3-8-21-13-9-12(10-18-11-13)15(19-4-2)16-14(17)6-5-7-20-16/h5-7,9-11,15,19H,3-4,8H2,1-2H3. The summed E-state index contributed by atoms with van der Waals surface area (Å²) < 4.78 is 19.6. The molecule has 2 heterocycles. The average Bonchev–Trinajstić information content (AvgIpc) is 2.52. The summed E-state index contributed by atoms with van der Waals surface area (Å²) in [5.41, 5.74) is 1.21. The van der Waals surface area contributed by atoms with Gasteiger partial charge in [0, 0.05) is 12.4 Å². The zero-order chi connectivity index (χ0) is 15.1. The van der Waals surface area contributed by atoms with Crippen molar-refractivity contribution < 1.29 is 9.13 Å². The van der Waals surface area contributed by atoms with Crippen molar-refractivity contribution in [2.75, 3.05) is 13.2 Å². The van der Waals surface area contributed by atoms with Crippen LogP contribution in [0.5, 0.6) is 5.75 Å². The van der Waals surface area contributed by atoms with Crippen molar-refractivity contribution in [3.63, 3.8) is 0 Å². The molecule has 0 aliphatic rings. The zero-order valence-corrected chi connectivity index (χ0v) is 12.3. The monoisotopic (exact) mass is 289 g/mol. The summed E-state index contributed by atoms with van der Waals surface area (Å²) in [5.74, 6) is 0.358. The molecule has 0 spiro atoms. The molecule has 2 rings (SSSR count). The predicted molar refractivity (Wildman–Crippen MR) is 79.7 cm³/mol. The fraction of sp³-hybridized carbons (Fsp3) is 0.375. The normalized spacial score (nSPS) is 12.1. The Hall–Kier alpha value is -2.01. The fourth-order valence-corrected chi connectivity index (χ4v) is 2.08. The second-order valence-corrected chi connectivity index (χ2v) is 4.66. The Labute approximate surface area is 124 Å². The van der Waals surface area contributed by atoms with Crippen LogP contribution in [0.1, 0.15) is 37.6 Å². The molecule has 21 heavy (non-hydrogen) atoms. The van der Waals surface area contributed by atoms with E-state index in [1.54, 1.807) is 24.7 Å². The Morgan fingerprint density at radius 1 is 1.33 bits per heavy atom. The molecular weight excluding hydrogens is 269 g/mol. The first-order chi connectivity index (χ1) is 10.3. The zero-order valence-electron chi connectivity index (χ0n) is 12.3. The van der Waals surface area contributed by atoms with E-state index in [0.717, 1.165) is 12.0 Å². The number of aromatic nitrogens is 2. The Kier molecular flexibility index (Phi) is 5.63. The lowest BCUT2D eigenvalue weighted by Crippen LogP contribution is -2.24. The molecule has 1 N–H and O–H groups in total. The molecule has 1 unspecified atom stereocenters. The van der Waals surface area contributed by atoms with Crippen molar-refractivity contribution in [3.8, 4) is 5.75 Å². The minimum absolute atomic E-state index is 0.330. The molecule has 0 saturated heterocycles. The van der Waals surface area contributed by atoms with Gasteiger partial charge in [-0.05, 0) is 36.7 Å². The van der Waals surface area contributed by atoms with E-state index in [2.05, 4.69) is 15.3 Å². The molecule has 112 valence electrons. The molecule has 0 bridgehead atoms. The van der Waals surface area contributed by atoms with E-state index < -0.39 is 0 Å². The lowest BCUT2D eigenvalue weighted by atomic mass is 10.0. The molecule has 0 amide bonds. The van der Waals surface area contributed by atoms with Gasteiger partial charge in [-0.2, -0.15) is 0 Å². The summed E-state index contributed by atoms with van der Waals surface area (Å²) in [4.78, 5) is 8.34. The number of nitrogens with one attached hydrogen (secondary N) is 1. The van der Waals surface area contributed by atoms with Crippen LogP contribution in [0, 0.1) is 5.82 Å². The SMILES string of the molecule is CCCOc1cncc(C(NCC)c2ncccc2F)c1. The van der Waals surface area contributed by atoms with Crippen LogP contribution in [0.25, 0.3) is 0 Å². The van der Waals surface area contributed by atoms with Crippen molar-refractivity contribution >= 4 is 0 Å². The van der Waals surface area contributed by atoms with E-state index in [1.807, 2.05) is 19.9 Å². The van der Waals surface area contributed by atoms with Gasteiger partial charge in [0.2, 0.25) is 0 Å². The Morgan fingerprint density at radius 3 is 2.90 bits per heavy atom. The number of hydrogen-bond acceptors (Lipinski definition) is 4. The molecule has 0 aliphatic carbocycles. The smallest absolute Gasteiger partial charge is 0.146 e. The summed E-state index contributed by atoms with van der Waals surface area (Å²) in [6.07, 6.45) is 5.89. The predicted octanol–water partition coefficient (Wildman–Crippen LogP) is 3.10. The van der Waals surface area contributed by atoms with E-state index in [4.69, 9.17) is 4.74 Å². The maximum atomic E-state index is 14.0. The van der Waals surface area contributed by atoms with Gasteiger partial charge in [0.25, 0.3) is 0 Å². The number of halogens is 1. The van der Waals surface area contributed by atoms with Crippen LogP contribution >= 0.6 is 0 Å². The van der Waals surface area contributed by atoms with Crippen LogP contribution in [0.4, 0.5) is 4.39 Å². The molecule has 0 radical (unpaired) electrons. The lowest BCUT2D eigenvalue weighted by molar-refractivity contribution is 0.315. The van der Waals surface area contributed by atoms with Gasteiger partial charge < -0.3 is 10.1 Å². The first kappa shape index (κ1) is 15.4. The van der Waals surface area contributed by atoms with Gasteiger partial charge in [0.15, 0.2) is 0 Å². The van der Waals surface area contributed by atoms with Crippen molar-refractivity contribution in [2.24, 2.45) is 0 Å². The largest absolute Gasteiger partial charge is 0.492 e. The lowest BCUT2D eigenvalue weighted by Gasteiger charge is -2.18. The van der Waals surface area contributed by atoms with E-state index in [0.29, 0.717) is 24.6 Å². The maximum Gasteiger partial charge on any atom is 0.146 e. The highest BCUT2D eigenvalue weighted by atomic mass is 19.1. The second-order valence-electron chi connectivity index (χ2n) is 4.66. The average molecular weight is 289 g/mol. The molecule has 0 aliphatic heterocycles. The molecule has 0 fully saturated rings. The maximum absolute atomic E-state index is 14.0. The van der Waals surface area contributed by atoms with Crippen molar-refractivity contribution in [1.29, 1.82) is 0 Å². The Bertz CT molecular complexity index is 577. The summed E-state index contributed by atoms with van der Waals surface area (Å²) in [7, 11) is 0. The third-order valence-electron chi connectivity index (χ3n) is 3.01. The van der Waals surface area contributed by atoms with Crippen molar-refractivity contribution in [1.82, 2.24) is 15.3 Å². The van der Waals surface area contributed by atoms with Crippen LogP contribution in [-0.4, -0.2) is 23.1 Å². The van der Waals surface area contributed by atoms with Gasteiger partial charge in [-0.1, -0.05) is 13.8 Å². The Morgan fingerprint density at radius 2 is 2.19 bits per heavy atom. The van der Waals surface area contributed by atoms with E-state index in [-0.39, 0.29) is 11.9 Å².